The van der Waals surface area contributed by atoms with Crippen LogP contribution in [0.5, 0.6) is 11.5 Å². The molecule has 1 aromatic carbocycles. The number of likely N-dealkylation sites (N-methyl/N-ethyl adjacent to an activating group) is 1. The van der Waals surface area contributed by atoms with Gasteiger partial charge in [0.1, 0.15) is 17.2 Å². The maximum Gasteiger partial charge on any atom is 0.274 e. The number of nitrogens with zero attached hydrogens (tertiary/aromatic N) is 2. The van der Waals surface area contributed by atoms with Crippen LogP contribution in [0.4, 0.5) is 11.4 Å². The average molecular weight is 344 g/mol. The maximum absolute atomic E-state index is 12.5. The number of rotatable bonds is 8. The van der Waals surface area contributed by atoms with Crippen LogP contribution in [0.1, 0.15) is 10.5 Å². The van der Waals surface area contributed by atoms with Crippen molar-refractivity contribution in [3.63, 3.8) is 0 Å². The Bertz CT molecular complexity index is 719. The van der Waals surface area contributed by atoms with E-state index in [1.165, 1.54) is 0 Å². The number of anilines is 2. The molecule has 0 saturated heterocycles. The Balaban J connectivity index is 2.10. The number of nitrogens with one attached hydrogen (secondary N) is 2. The summed E-state index contributed by atoms with van der Waals surface area (Å²) < 4.78 is 10.5. The molecule has 0 atom stereocenters. The number of methoxy groups -OCH3 is 2. The summed E-state index contributed by atoms with van der Waals surface area (Å²) in [5, 5.41) is 6.08. The molecule has 7 nitrogen and oxygen atoms in total. The highest BCUT2D eigenvalue weighted by Gasteiger charge is 2.12. The van der Waals surface area contributed by atoms with Crippen LogP contribution >= 0.6 is 0 Å². The van der Waals surface area contributed by atoms with Gasteiger partial charge in [-0.15, -0.1) is 0 Å². The third-order valence-corrected chi connectivity index (χ3v) is 3.54. The zero-order valence-corrected chi connectivity index (χ0v) is 15.0. The van der Waals surface area contributed by atoms with Gasteiger partial charge in [-0.1, -0.05) is 0 Å². The van der Waals surface area contributed by atoms with Crippen LogP contribution in [0.2, 0.25) is 0 Å². The number of pyridine rings is 1. The normalized spacial score (nSPS) is 10.4. The van der Waals surface area contributed by atoms with Gasteiger partial charge in [0.25, 0.3) is 5.91 Å². The van der Waals surface area contributed by atoms with Gasteiger partial charge in [-0.25, -0.2) is 0 Å². The molecular formula is C18H24N4O3. The van der Waals surface area contributed by atoms with Gasteiger partial charge in [-0.2, -0.15) is 0 Å². The topological polar surface area (TPSA) is 75.7 Å². The lowest BCUT2D eigenvalue weighted by atomic mass is 10.2. The number of carbonyl (C=O) groups excluding carboxylic acids is 1. The van der Waals surface area contributed by atoms with Gasteiger partial charge in [0.2, 0.25) is 0 Å². The van der Waals surface area contributed by atoms with Gasteiger partial charge in [0.05, 0.1) is 19.9 Å². The van der Waals surface area contributed by atoms with Crippen molar-refractivity contribution in [3.05, 3.63) is 42.2 Å². The summed E-state index contributed by atoms with van der Waals surface area (Å²) in [6.45, 7) is 1.67. The van der Waals surface area contributed by atoms with Crippen LogP contribution in [0.15, 0.2) is 36.5 Å². The first-order valence-corrected chi connectivity index (χ1v) is 7.91. The zero-order valence-electron chi connectivity index (χ0n) is 15.0. The van der Waals surface area contributed by atoms with E-state index < -0.39 is 0 Å². The fraction of sp³-hybridized carbons (Fsp3) is 0.333. The summed E-state index contributed by atoms with van der Waals surface area (Å²) in [7, 11) is 7.13. The van der Waals surface area contributed by atoms with Crippen molar-refractivity contribution in [2.24, 2.45) is 0 Å². The number of aromatic nitrogens is 1. The van der Waals surface area contributed by atoms with Gasteiger partial charge in [0.15, 0.2) is 0 Å². The minimum absolute atomic E-state index is 0.317. The lowest BCUT2D eigenvalue weighted by molar-refractivity contribution is 0.102. The fourth-order valence-corrected chi connectivity index (χ4v) is 2.19. The predicted molar refractivity (Wildman–Crippen MR) is 98.8 cm³/mol. The zero-order chi connectivity index (χ0) is 18.2. The summed E-state index contributed by atoms with van der Waals surface area (Å²) >= 11 is 0. The predicted octanol–water partition coefficient (Wildman–Crippen LogP) is 2.32. The van der Waals surface area contributed by atoms with Crippen molar-refractivity contribution in [2.45, 2.75) is 0 Å². The second-order valence-corrected chi connectivity index (χ2v) is 5.68. The van der Waals surface area contributed by atoms with Crippen molar-refractivity contribution in [1.29, 1.82) is 0 Å². The molecule has 0 bridgehead atoms. The summed E-state index contributed by atoms with van der Waals surface area (Å²) in [5.41, 5.74) is 1.69. The van der Waals surface area contributed by atoms with E-state index in [1.807, 2.05) is 20.2 Å². The summed E-state index contributed by atoms with van der Waals surface area (Å²) in [6, 6.07) is 8.76. The lowest BCUT2D eigenvalue weighted by Gasteiger charge is -2.13. The van der Waals surface area contributed by atoms with Gasteiger partial charge in [-0.05, 0) is 38.4 Å². The van der Waals surface area contributed by atoms with Gasteiger partial charge in [0, 0.05) is 31.0 Å². The fourth-order valence-electron chi connectivity index (χ4n) is 2.19. The molecule has 1 aromatic heterocycles. The first-order valence-electron chi connectivity index (χ1n) is 7.91. The number of ether oxygens (including phenoxy) is 2. The van der Waals surface area contributed by atoms with E-state index in [2.05, 4.69) is 20.5 Å². The molecule has 134 valence electrons. The van der Waals surface area contributed by atoms with E-state index in [1.54, 1.807) is 44.7 Å². The minimum Gasteiger partial charge on any atom is -0.497 e. The summed E-state index contributed by atoms with van der Waals surface area (Å²) in [4.78, 5) is 18.7. The van der Waals surface area contributed by atoms with Crippen LogP contribution in [0, 0.1) is 0 Å². The second-order valence-electron chi connectivity index (χ2n) is 5.68. The van der Waals surface area contributed by atoms with E-state index in [0.717, 1.165) is 18.8 Å². The number of amides is 1. The maximum atomic E-state index is 12.5. The van der Waals surface area contributed by atoms with Crippen LogP contribution in [0.3, 0.4) is 0 Å². The van der Waals surface area contributed by atoms with Crippen molar-refractivity contribution < 1.29 is 14.3 Å². The molecule has 0 spiro atoms. The average Bonchev–Trinajstić information content (AvgIpc) is 2.61. The third-order valence-electron chi connectivity index (χ3n) is 3.54. The quantitative estimate of drug-likeness (QED) is 0.765. The first kappa shape index (κ1) is 18.5. The van der Waals surface area contributed by atoms with E-state index >= 15 is 0 Å². The molecule has 0 unspecified atom stereocenters. The Morgan fingerprint density at radius 3 is 2.64 bits per heavy atom. The van der Waals surface area contributed by atoms with E-state index in [-0.39, 0.29) is 5.91 Å². The van der Waals surface area contributed by atoms with Crippen molar-refractivity contribution in [1.82, 2.24) is 9.88 Å². The molecule has 0 fully saturated rings. The Labute approximate surface area is 148 Å². The standard InChI is InChI=1S/C18H24N4O3/c1-22(2)10-9-19-13-7-8-20-16(11-13)18(23)21-15-12-14(24-3)5-6-17(15)25-4/h5-8,11-12H,9-10H2,1-4H3,(H,19,20)(H,21,23). The summed E-state index contributed by atoms with van der Waals surface area (Å²) in [6.07, 6.45) is 1.61. The third kappa shape index (κ3) is 5.36. The second kappa shape index (κ2) is 8.89. The number of carbonyl (C=O) groups is 1. The highest BCUT2D eigenvalue weighted by Crippen LogP contribution is 2.29. The van der Waals surface area contributed by atoms with Crippen molar-refractivity contribution >= 4 is 17.3 Å². The van der Waals surface area contributed by atoms with Crippen LogP contribution in [-0.4, -0.2) is 57.2 Å². The highest BCUT2D eigenvalue weighted by atomic mass is 16.5. The van der Waals surface area contributed by atoms with E-state index in [9.17, 15) is 4.79 Å². The number of hydrogen-bond donors (Lipinski definition) is 2. The van der Waals surface area contributed by atoms with Gasteiger partial charge < -0.3 is 25.0 Å². The minimum atomic E-state index is -0.317. The molecule has 0 aliphatic carbocycles. The molecule has 0 aliphatic rings. The Hall–Kier alpha value is -2.80. The smallest absolute Gasteiger partial charge is 0.274 e. The highest BCUT2D eigenvalue weighted by molar-refractivity contribution is 6.04. The molecule has 0 radical (unpaired) electrons. The molecule has 0 aliphatic heterocycles. The molecular weight excluding hydrogens is 320 g/mol. The molecule has 2 aromatic rings. The van der Waals surface area contributed by atoms with E-state index in [4.69, 9.17) is 9.47 Å². The van der Waals surface area contributed by atoms with Crippen molar-refractivity contribution in [2.75, 3.05) is 52.0 Å². The van der Waals surface area contributed by atoms with Crippen molar-refractivity contribution in [3.8, 4) is 11.5 Å². The largest absolute Gasteiger partial charge is 0.497 e. The molecule has 2 N–H and O–H groups in total. The molecule has 1 heterocycles. The number of benzene rings is 1. The van der Waals surface area contributed by atoms with Crippen LogP contribution in [0.25, 0.3) is 0 Å². The Morgan fingerprint density at radius 1 is 1.16 bits per heavy atom. The van der Waals surface area contributed by atoms with Gasteiger partial charge >= 0.3 is 0 Å². The monoisotopic (exact) mass is 344 g/mol. The summed E-state index contributed by atoms with van der Waals surface area (Å²) in [5.74, 6) is 0.861. The SMILES string of the molecule is COc1ccc(OC)c(NC(=O)c2cc(NCCN(C)C)ccn2)c1. The molecule has 1 amide bonds. The molecule has 25 heavy (non-hydrogen) atoms. The van der Waals surface area contributed by atoms with Gasteiger partial charge in [-0.3, -0.25) is 9.78 Å². The Morgan fingerprint density at radius 2 is 1.96 bits per heavy atom. The number of hydrogen-bond acceptors (Lipinski definition) is 6. The molecule has 7 heteroatoms. The molecule has 0 saturated carbocycles. The Kier molecular flexibility index (Phi) is 6.59. The lowest BCUT2D eigenvalue weighted by Crippen LogP contribution is -2.21. The van der Waals surface area contributed by atoms with E-state index in [0.29, 0.717) is 22.9 Å². The van der Waals surface area contributed by atoms with Crippen LogP contribution in [-0.2, 0) is 0 Å². The van der Waals surface area contributed by atoms with Crippen LogP contribution < -0.4 is 20.1 Å². The molecule has 2 rings (SSSR count). The first-order chi connectivity index (χ1) is 12.0.